The van der Waals surface area contributed by atoms with Gasteiger partial charge in [0.15, 0.2) is 0 Å². The van der Waals surface area contributed by atoms with E-state index < -0.39 is 6.04 Å². The Morgan fingerprint density at radius 1 is 1.30 bits per heavy atom. The second-order valence-corrected chi connectivity index (χ2v) is 7.56. The van der Waals surface area contributed by atoms with E-state index in [0.717, 1.165) is 54.7 Å². The van der Waals surface area contributed by atoms with E-state index in [-0.39, 0.29) is 23.8 Å². The number of nitrogens with one attached hydrogen (secondary N) is 2. The maximum atomic E-state index is 12.4. The summed E-state index contributed by atoms with van der Waals surface area (Å²) in [5.41, 5.74) is 2.02. The Morgan fingerprint density at radius 2 is 2.04 bits per heavy atom. The molecule has 2 amide bonds. The molecule has 1 heterocycles. The van der Waals surface area contributed by atoms with Gasteiger partial charge in [0.1, 0.15) is 23.6 Å². The van der Waals surface area contributed by atoms with Crippen molar-refractivity contribution in [1.29, 1.82) is 0 Å². The lowest BCUT2D eigenvalue weighted by Crippen LogP contribution is -2.46. The summed E-state index contributed by atoms with van der Waals surface area (Å²) in [5, 5.41) is 5.74. The first kappa shape index (κ1) is 19.5. The lowest BCUT2D eigenvalue weighted by atomic mass is 10.1. The van der Waals surface area contributed by atoms with E-state index in [0.29, 0.717) is 13.2 Å². The van der Waals surface area contributed by atoms with Crippen LogP contribution in [0.3, 0.4) is 0 Å². The number of benzene rings is 1. The fourth-order valence-corrected chi connectivity index (χ4v) is 3.83. The second kappa shape index (κ2) is 8.63. The molecule has 0 saturated heterocycles. The third-order valence-electron chi connectivity index (χ3n) is 5.31. The molecule has 2 unspecified atom stereocenters. The van der Waals surface area contributed by atoms with Gasteiger partial charge in [-0.3, -0.25) is 9.59 Å². The van der Waals surface area contributed by atoms with Gasteiger partial charge in [-0.2, -0.15) is 0 Å². The van der Waals surface area contributed by atoms with E-state index in [2.05, 4.69) is 10.6 Å². The Labute approximate surface area is 161 Å². The number of amides is 2. The molecule has 2 aliphatic rings. The van der Waals surface area contributed by atoms with E-state index in [1.165, 1.54) is 0 Å². The van der Waals surface area contributed by atoms with Crippen molar-refractivity contribution in [3.8, 4) is 11.5 Å². The van der Waals surface area contributed by atoms with Gasteiger partial charge in [0.2, 0.25) is 11.8 Å². The van der Waals surface area contributed by atoms with Crippen LogP contribution in [0.4, 0.5) is 0 Å². The van der Waals surface area contributed by atoms with Crippen molar-refractivity contribution >= 4 is 11.8 Å². The molecule has 0 spiro atoms. The molecule has 2 atom stereocenters. The molecule has 148 valence electrons. The minimum atomic E-state index is -0.556. The van der Waals surface area contributed by atoms with Crippen LogP contribution in [0, 0.1) is 5.92 Å². The highest BCUT2D eigenvalue weighted by Gasteiger charge is 2.26. The van der Waals surface area contributed by atoms with E-state index in [9.17, 15) is 9.59 Å². The van der Waals surface area contributed by atoms with Gasteiger partial charge in [0.25, 0.3) is 0 Å². The predicted octanol–water partition coefficient (Wildman–Crippen LogP) is 2.72. The zero-order chi connectivity index (χ0) is 19.4. The van der Waals surface area contributed by atoms with Gasteiger partial charge in [0.05, 0.1) is 6.61 Å². The molecule has 1 aliphatic carbocycles. The summed E-state index contributed by atoms with van der Waals surface area (Å²) in [7, 11) is 0. The largest absolute Gasteiger partial charge is 0.494 e. The van der Waals surface area contributed by atoms with Crippen LogP contribution in [0.2, 0.25) is 0 Å². The molecule has 1 saturated carbocycles. The molecule has 0 radical (unpaired) electrons. The monoisotopic (exact) mass is 374 g/mol. The number of carbonyl (C=O) groups is 2. The van der Waals surface area contributed by atoms with Crippen LogP contribution in [-0.4, -0.2) is 30.6 Å². The van der Waals surface area contributed by atoms with Crippen LogP contribution < -0.4 is 20.1 Å². The van der Waals surface area contributed by atoms with Crippen molar-refractivity contribution in [2.75, 3.05) is 6.61 Å². The molecular weight excluding hydrogens is 344 g/mol. The van der Waals surface area contributed by atoms with Gasteiger partial charge in [-0.15, -0.1) is 0 Å². The second-order valence-electron chi connectivity index (χ2n) is 7.56. The maximum Gasteiger partial charge on any atom is 0.242 e. The smallest absolute Gasteiger partial charge is 0.242 e. The number of hydrogen-bond acceptors (Lipinski definition) is 4. The summed E-state index contributed by atoms with van der Waals surface area (Å²) in [6, 6.07) is 3.40. The first-order valence-corrected chi connectivity index (χ1v) is 10.0. The van der Waals surface area contributed by atoms with Crippen LogP contribution in [0.5, 0.6) is 11.5 Å². The van der Waals surface area contributed by atoms with Crippen LogP contribution in [0.1, 0.15) is 57.6 Å². The van der Waals surface area contributed by atoms with Crippen molar-refractivity contribution in [3.63, 3.8) is 0 Å². The Hall–Kier alpha value is -2.24. The lowest BCUT2D eigenvalue weighted by Gasteiger charge is -2.18. The van der Waals surface area contributed by atoms with Gasteiger partial charge in [0, 0.05) is 30.0 Å². The fourth-order valence-electron chi connectivity index (χ4n) is 3.83. The van der Waals surface area contributed by atoms with Crippen molar-refractivity contribution < 1.29 is 19.1 Å². The van der Waals surface area contributed by atoms with Crippen molar-refractivity contribution in [2.24, 2.45) is 5.92 Å². The minimum Gasteiger partial charge on any atom is -0.494 e. The van der Waals surface area contributed by atoms with Crippen molar-refractivity contribution in [3.05, 3.63) is 23.3 Å². The molecule has 6 nitrogen and oxygen atoms in total. The quantitative estimate of drug-likeness (QED) is 0.769. The highest BCUT2D eigenvalue weighted by atomic mass is 16.5. The average molecular weight is 374 g/mol. The number of rotatable bonds is 7. The first-order chi connectivity index (χ1) is 13.0. The lowest BCUT2D eigenvalue weighted by molar-refractivity contribution is -0.130. The molecule has 3 rings (SSSR count). The molecule has 1 aromatic rings. The van der Waals surface area contributed by atoms with Crippen molar-refractivity contribution in [1.82, 2.24) is 10.6 Å². The Bertz CT molecular complexity index is 698. The van der Waals surface area contributed by atoms with Crippen LogP contribution in [0.15, 0.2) is 12.1 Å². The summed E-state index contributed by atoms with van der Waals surface area (Å²) in [4.78, 5) is 24.6. The Balaban J connectivity index is 1.59. The van der Waals surface area contributed by atoms with Crippen LogP contribution in [0.25, 0.3) is 0 Å². The van der Waals surface area contributed by atoms with Gasteiger partial charge >= 0.3 is 0 Å². The highest BCUT2D eigenvalue weighted by molar-refractivity contribution is 5.88. The Kier molecular flexibility index (Phi) is 6.24. The number of hydrogen-bond donors (Lipinski definition) is 2. The first-order valence-electron chi connectivity index (χ1n) is 10.0. The van der Waals surface area contributed by atoms with E-state index >= 15 is 0 Å². The maximum absolute atomic E-state index is 12.4. The van der Waals surface area contributed by atoms with Crippen LogP contribution in [-0.2, 0) is 22.6 Å². The summed E-state index contributed by atoms with van der Waals surface area (Å²) >= 11 is 0. The Morgan fingerprint density at radius 3 is 2.74 bits per heavy atom. The number of ether oxygens (including phenoxy) is 2. The third-order valence-corrected chi connectivity index (χ3v) is 5.31. The fraction of sp³-hybridized carbons (Fsp3) is 0.619. The van der Waals surface area contributed by atoms with E-state index in [1.807, 2.05) is 26.0 Å². The van der Waals surface area contributed by atoms with Gasteiger partial charge in [-0.05, 0) is 45.7 Å². The summed E-state index contributed by atoms with van der Waals surface area (Å²) in [5.74, 6) is 1.49. The molecule has 27 heavy (non-hydrogen) atoms. The molecule has 0 bridgehead atoms. The molecule has 2 N–H and O–H groups in total. The van der Waals surface area contributed by atoms with Gasteiger partial charge < -0.3 is 20.1 Å². The number of carbonyl (C=O) groups excluding carboxylic acids is 2. The number of fused-ring (bicyclic) bond motifs is 1. The standard InChI is InChI=1S/C21H30N2O4/c1-4-26-18-10-16-9-13(2)27-19(16)11-17(18)12-22-20(24)14(3)23-21(25)15-7-5-6-8-15/h10-11,13-15H,4-9,12H2,1-3H3,(H,22,24)(H,23,25). The molecular formula is C21H30N2O4. The summed E-state index contributed by atoms with van der Waals surface area (Å²) in [6.45, 7) is 6.60. The zero-order valence-electron chi connectivity index (χ0n) is 16.5. The summed E-state index contributed by atoms with van der Waals surface area (Å²) in [6.07, 6.45) is 5.06. The molecule has 0 aromatic heterocycles. The SMILES string of the molecule is CCOc1cc2c(cc1CNC(=O)C(C)NC(=O)C1CCCC1)OC(C)C2. The van der Waals surface area contributed by atoms with Gasteiger partial charge in [-0.25, -0.2) is 0 Å². The zero-order valence-corrected chi connectivity index (χ0v) is 16.5. The molecule has 6 heteroatoms. The molecule has 1 aromatic carbocycles. The van der Waals surface area contributed by atoms with E-state index in [1.54, 1.807) is 6.92 Å². The highest BCUT2D eigenvalue weighted by Crippen LogP contribution is 2.35. The average Bonchev–Trinajstić information content (AvgIpc) is 3.28. The normalized spacial score (nSPS) is 19.9. The molecule has 1 aliphatic heterocycles. The summed E-state index contributed by atoms with van der Waals surface area (Å²) < 4.78 is 11.6. The minimum absolute atomic E-state index is 0.00919. The van der Waals surface area contributed by atoms with Crippen molar-refractivity contribution in [2.45, 2.75) is 71.6 Å². The molecule has 1 fully saturated rings. The van der Waals surface area contributed by atoms with E-state index in [4.69, 9.17) is 9.47 Å². The predicted molar refractivity (Wildman–Crippen MR) is 103 cm³/mol. The topological polar surface area (TPSA) is 76.7 Å². The van der Waals surface area contributed by atoms with Crippen LogP contribution >= 0.6 is 0 Å². The van der Waals surface area contributed by atoms with Gasteiger partial charge in [-0.1, -0.05) is 12.8 Å². The third kappa shape index (κ3) is 4.73.